The topological polar surface area (TPSA) is 106 Å². The van der Waals surface area contributed by atoms with Crippen LogP contribution in [0, 0.1) is 70.7 Å². The van der Waals surface area contributed by atoms with Gasteiger partial charge in [-0.2, -0.15) is 0 Å². The maximum Gasteiger partial charge on any atom is 0.177 e. The fourth-order valence-electron chi connectivity index (χ4n) is 17.8. The number of halogens is 3. The molecule has 12 bridgehead atoms. The minimum absolute atomic E-state index is 0.0401. The molecule has 9 heteroatoms. The molecule has 0 aliphatic heterocycles. The molecule has 0 aromatic heterocycles. The fourth-order valence-corrected chi connectivity index (χ4v) is 17.8. The number of rotatable bonds is 9. The van der Waals surface area contributed by atoms with Crippen molar-refractivity contribution in [1.29, 1.82) is 0 Å². The van der Waals surface area contributed by atoms with Gasteiger partial charge in [0.1, 0.15) is 40.4 Å². The van der Waals surface area contributed by atoms with E-state index in [9.17, 15) is 0 Å². The first-order valence-corrected chi connectivity index (χ1v) is 24.3. The van der Waals surface area contributed by atoms with Gasteiger partial charge in [-0.15, -0.1) is 0 Å². The van der Waals surface area contributed by atoms with E-state index in [2.05, 4.69) is 0 Å². The largest absolute Gasteiger partial charge is 0.456 e. The fraction of sp³-hybridized carbons (Fsp3) is 0.556. The molecule has 6 N–H and O–H groups in total. The van der Waals surface area contributed by atoms with Gasteiger partial charge in [-0.05, 0) is 205 Å². The highest BCUT2D eigenvalue weighted by Gasteiger charge is 2.62. The Kier molecular flexibility index (Phi) is 8.48. The molecule has 12 saturated carbocycles. The predicted octanol–water partition coefficient (Wildman–Crippen LogP) is 13.6. The van der Waals surface area contributed by atoms with E-state index >= 15 is 13.2 Å². The average Bonchev–Trinajstić information content (AvgIpc) is 3.21. The molecule has 4 aromatic carbocycles. The Bertz CT molecular complexity index is 2450. The number of nitrogen functional groups attached to an aromatic ring is 3. The second-order valence-corrected chi connectivity index (χ2v) is 23.1. The summed E-state index contributed by atoms with van der Waals surface area (Å²) in [4.78, 5) is 0. The Hall–Kier alpha value is -4.53. The zero-order valence-electron chi connectivity index (χ0n) is 36.2. The van der Waals surface area contributed by atoms with Crippen molar-refractivity contribution in [2.24, 2.45) is 53.3 Å². The highest BCUT2D eigenvalue weighted by Crippen LogP contribution is 2.73. The third-order valence-electron chi connectivity index (χ3n) is 18.6. The summed E-state index contributed by atoms with van der Waals surface area (Å²) in [6.45, 7) is 0. The van der Waals surface area contributed by atoms with E-state index in [1.807, 2.05) is 6.07 Å². The van der Waals surface area contributed by atoms with Crippen molar-refractivity contribution in [2.75, 3.05) is 17.2 Å². The summed E-state index contributed by atoms with van der Waals surface area (Å²) >= 11 is 0. The molecule has 0 heterocycles. The molecule has 0 saturated heterocycles. The zero-order valence-corrected chi connectivity index (χ0v) is 36.2. The lowest BCUT2D eigenvalue weighted by Crippen LogP contribution is -2.53. The van der Waals surface area contributed by atoms with E-state index in [0.29, 0.717) is 82.0 Å². The van der Waals surface area contributed by atoms with Crippen LogP contribution in [0.1, 0.15) is 132 Å². The van der Waals surface area contributed by atoms with Gasteiger partial charge in [-0.25, -0.2) is 13.2 Å². The van der Waals surface area contributed by atoms with Crippen LogP contribution in [0.4, 0.5) is 30.2 Å². The molecule has 63 heavy (non-hydrogen) atoms. The van der Waals surface area contributed by atoms with Gasteiger partial charge in [-0.3, -0.25) is 0 Å². The van der Waals surface area contributed by atoms with Crippen LogP contribution in [0.25, 0.3) is 0 Å². The number of benzene rings is 4. The summed E-state index contributed by atoms with van der Waals surface area (Å²) in [7, 11) is 0. The van der Waals surface area contributed by atoms with Gasteiger partial charge >= 0.3 is 0 Å². The Balaban J connectivity index is 1.18. The van der Waals surface area contributed by atoms with E-state index in [0.717, 1.165) is 74.7 Å². The molecule has 12 aliphatic rings. The quantitative estimate of drug-likeness (QED) is 0.145. The molecular formula is C54H60F3N3O3. The minimum Gasteiger partial charge on any atom is -0.456 e. The number of anilines is 3. The van der Waals surface area contributed by atoms with Crippen molar-refractivity contribution >= 4 is 17.1 Å². The Morgan fingerprint density at radius 1 is 0.349 bits per heavy atom. The SMILES string of the molecule is Nc1ccc(Oc2c(Oc3ccc(N)c(F)c3)c(C34CC5CC(CC(C5)C3)C4)c(C34CC5CC(CC(C5)C3)C4)c(Oc3ccc(N)c(F)c3)c2C23CC4CC(CC(C4)C2)C3)cc1F. The smallest absolute Gasteiger partial charge is 0.177 e. The van der Waals surface area contributed by atoms with Crippen molar-refractivity contribution in [3.05, 3.63) is 88.7 Å². The molecule has 16 rings (SSSR count). The lowest BCUT2D eigenvalue weighted by Gasteiger charge is -2.62. The molecular weight excluding hydrogens is 796 g/mol. The Morgan fingerprint density at radius 3 is 0.873 bits per heavy atom. The second kappa shape index (κ2) is 13.7. The van der Waals surface area contributed by atoms with Crippen LogP contribution in [-0.2, 0) is 16.2 Å². The first-order valence-electron chi connectivity index (χ1n) is 24.3. The van der Waals surface area contributed by atoms with Gasteiger partial charge in [0.25, 0.3) is 0 Å². The molecule has 12 fully saturated rings. The summed E-state index contributed by atoms with van der Waals surface area (Å²) in [5.41, 5.74) is 21.1. The number of hydrogen-bond acceptors (Lipinski definition) is 6. The van der Waals surface area contributed by atoms with Crippen LogP contribution in [0.3, 0.4) is 0 Å². The van der Waals surface area contributed by atoms with Crippen LogP contribution in [0.5, 0.6) is 34.5 Å². The van der Waals surface area contributed by atoms with E-state index < -0.39 is 17.5 Å². The highest BCUT2D eigenvalue weighted by atomic mass is 19.1. The third kappa shape index (κ3) is 6.16. The number of ether oxygens (including phenoxy) is 3. The molecule has 6 nitrogen and oxygen atoms in total. The third-order valence-corrected chi connectivity index (χ3v) is 18.6. The van der Waals surface area contributed by atoms with Crippen molar-refractivity contribution in [2.45, 2.75) is 132 Å². The van der Waals surface area contributed by atoms with Crippen molar-refractivity contribution < 1.29 is 27.4 Å². The van der Waals surface area contributed by atoms with Crippen LogP contribution < -0.4 is 31.4 Å². The average molecular weight is 856 g/mol. The van der Waals surface area contributed by atoms with Gasteiger partial charge < -0.3 is 31.4 Å². The normalized spacial score (nSPS) is 37.5. The standard InChI is InChI=1S/C54H60F3N3O3/c55-40-16-37(1-4-43(40)58)61-49-46(52-19-28-7-29(20-52)9-30(8-28)21-52)47(53-22-31-10-32(23-53)12-33(11-31)24-53)50(62-38-2-5-44(59)41(56)17-38)51(63-39-3-6-45(60)42(57)18-39)48(49)54-25-34-13-35(26-54)15-36(14-34)27-54/h1-6,16-18,28-36H,7-15,19-27,58-60H2. The summed E-state index contributed by atoms with van der Waals surface area (Å²) in [6, 6.07) is 14.3. The predicted molar refractivity (Wildman–Crippen MR) is 239 cm³/mol. The zero-order chi connectivity index (χ0) is 42.6. The maximum absolute atomic E-state index is 15.8. The summed E-state index contributed by atoms with van der Waals surface area (Å²) in [5.74, 6) is 6.74. The van der Waals surface area contributed by atoms with Crippen molar-refractivity contribution in [3.63, 3.8) is 0 Å². The van der Waals surface area contributed by atoms with E-state index in [1.165, 1.54) is 81.5 Å². The minimum atomic E-state index is -0.563. The van der Waals surface area contributed by atoms with Crippen LogP contribution in [0.15, 0.2) is 54.6 Å². The van der Waals surface area contributed by atoms with Crippen molar-refractivity contribution in [1.82, 2.24) is 0 Å². The summed E-state index contributed by atoms with van der Waals surface area (Å²) < 4.78 is 69.6. The Morgan fingerprint density at radius 2 is 0.587 bits per heavy atom. The lowest BCUT2D eigenvalue weighted by molar-refractivity contribution is -0.0205. The van der Waals surface area contributed by atoms with Crippen LogP contribution in [0.2, 0.25) is 0 Å². The van der Waals surface area contributed by atoms with E-state index in [4.69, 9.17) is 31.4 Å². The maximum atomic E-state index is 15.8. The summed E-state index contributed by atoms with van der Waals surface area (Å²) in [5, 5.41) is 0. The molecule has 0 radical (unpaired) electrons. The molecule has 0 atom stereocenters. The Labute approximate surface area is 368 Å². The monoisotopic (exact) mass is 855 g/mol. The molecule has 0 amide bonds. The number of hydrogen-bond donors (Lipinski definition) is 3. The van der Waals surface area contributed by atoms with Gasteiger partial charge in [-0.1, -0.05) is 0 Å². The first-order chi connectivity index (χ1) is 30.4. The molecule has 12 aliphatic carbocycles. The van der Waals surface area contributed by atoms with Gasteiger partial charge in [0.2, 0.25) is 0 Å². The lowest BCUT2D eigenvalue weighted by atomic mass is 9.43. The van der Waals surface area contributed by atoms with Crippen LogP contribution in [-0.4, -0.2) is 0 Å². The van der Waals surface area contributed by atoms with Gasteiger partial charge in [0.05, 0.1) is 17.1 Å². The first kappa shape index (κ1) is 38.9. The molecule has 0 spiro atoms. The van der Waals surface area contributed by atoms with Crippen molar-refractivity contribution in [3.8, 4) is 34.5 Å². The summed E-state index contributed by atoms with van der Waals surface area (Å²) in [6.07, 6.45) is 20.5. The van der Waals surface area contributed by atoms with E-state index in [1.54, 1.807) is 30.3 Å². The molecule has 330 valence electrons. The molecule has 0 unspecified atom stereocenters. The van der Waals surface area contributed by atoms with E-state index in [-0.39, 0.29) is 33.3 Å². The van der Waals surface area contributed by atoms with Gasteiger partial charge in [0, 0.05) is 51.1 Å². The van der Waals surface area contributed by atoms with Crippen LogP contribution >= 0.6 is 0 Å². The van der Waals surface area contributed by atoms with Gasteiger partial charge in [0.15, 0.2) is 11.5 Å². The highest BCUT2D eigenvalue weighted by molar-refractivity contribution is 5.72. The number of nitrogens with two attached hydrogens (primary N) is 3. The molecule has 4 aromatic rings. The second-order valence-electron chi connectivity index (χ2n) is 23.1.